The standard InChI is InChI=1S/C23H17F3N4O2/c1-14(18-4-2-3-11-27-18)29-22(32)15-5-10-20-19(12-15)28-13-21(31)30(20)17-8-6-16(7-9-17)23(24,25)26/h2-14H,1H3,(H,29,32)/t14-/m1/s1. The lowest BCUT2D eigenvalue weighted by atomic mass is 10.1. The molecule has 2 heterocycles. The van der Waals surface area contributed by atoms with Crippen molar-refractivity contribution in [3.63, 3.8) is 0 Å². The highest BCUT2D eigenvalue weighted by Crippen LogP contribution is 2.29. The molecule has 0 aliphatic rings. The van der Waals surface area contributed by atoms with E-state index >= 15 is 0 Å². The maximum absolute atomic E-state index is 12.9. The number of fused-ring (bicyclic) bond motifs is 1. The minimum atomic E-state index is -4.47. The Kier molecular flexibility index (Phi) is 5.48. The predicted octanol–water partition coefficient (Wildman–Crippen LogP) is 4.29. The fraction of sp³-hybridized carbons (Fsp3) is 0.130. The smallest absolute Gasteiger partial charge is 0.344 e. The summed E-state index contributed by atoms with van der Waals surface area (Å²) in [6.45, 7) is 1.81. The van der Waals surface area contributed by atoms with Crippen LogP contribution in [0.5, 0.6) is 0 Å². The number of aromatic nitrogens is 3. The lowest BCUT2D eigenvalue weighted by Gasteiger charge is -2.14. The van der Waals surface area contributed by atoms with Crippen LogP contribution in [0.3, 0.4) is 0 Å². The van der Waals surface area contributed by atoms with Crippen LogP contribution in [-0.4, -0.2) is 20.4 Å². The van der Waals surface area contributed by atoms with Crippen LogP contribution in [0.15, 0.2) is 77.9 Å². The minimum Gasteiger partial charge on any atom is -0.344 e. The van der Waals surface area contributed by atoms with Crippen molar-refractivity contribution in [3.05, 3.63) is 100 Å². The van der Waals surface area contributed by atoms with Crippen LogP contribution in [0.2, 0.25) is 0 Å². The molecule has 1 amide bonds. The molecule has 0 fully saturated rings. The van der Waals surface area contributed by atoms with Crippen LogP contribution in [0, 0.1) is 0 Å². The molecule has 0 unspecified atom stereocenters. The zero-order valence-electron chi connectivity index (χ0n) is 16.8. The Balaban J connectivity index is 1.67. The summed E-state index contributed by atoms with van der Waals surface area (Å²) >= 11 is 0. The largest absolute Gasteiger partial charge is 0.416 e. The Hall–Kier alpha value is -4.01. The van der Waals surface area contributed by atoms with Gasteiger partial charge in [-0.25, -0.2) is 4.98 Å². The summed E-state index contributed by atoms with van der Waals surface area (Å²) in [6.07, 6.45) is -1.77. The van der Waals surface area contributed by atoms with Crippen LogP contribution < -0.4 is 10.9 Å². The second kappa shape index (κ2) is 8.26. The van der Waals surface area contributed by atoms with Gasteiger partial charge in [0.05, 0.1) is 34.5 Å². The van der Waals surface area contributed by atoms with E-state index in [-0.39, 0.29) is 17.6 Å². The first-order valence-electron chi connectivity index (χ1n) is 9.65. The normalized spacial score (nSPS) is 12.5. The first kappa shape index (κ1) is 21.2. The molecule has 0 saturated carbocycles. The number of halogens is 3. The van der Waals surface area contributed by atoms with Gasteiger partial charge in [0.1, 0.15) is 0 Å². The fourth-order valence-corrected chi connectivity index (χ4v) is 3.31. The molecule has 9 heteroatoms. The summed E-state index contributed by atoms with van der Waals surface area (Å²) in [5, 5.41) is 2.85. The molecule has 0 bridgehead atoms. The number of benzene rings is 2. The average Bonchev–Trinajstić information content (AvgIpc) is 2.78. The molecule has 0 aliphatic heterocycles. The number of carbonyl (C=O) groups excluding carboxylic acids is 1. The summed E-state index contributed by atoms with van der Waals surface area (Å²) in [6, 6.07) is 13.9. The van der Waals surface area contributed by atoms with Gasteiger partial charge in [0.15, 0.2) is 0 Å². The maximum atomic E-state index is 12.9. The van der Waals surface area contributed by atoms with E-state index in [1.165, 1.54) is 28.8 Å². The lowest BCUT2D eigenvalue weighted by Crippen LogP contribution is -2.27. The molecule has 4 rings (SSSR count). The van der Waals surface area contributed by atoms with Crippen molar-refractivity contribution >= 4 is 16.9 Å². The number of alkyl halides is 3. The lowest BCUT2D eigenvalue weighted by molar-refractivity contribution is -0.137. The van der Waals surface area contributed by atoms with Gasteiger partial charge in [-0.15, -0.1) is 0 Å². The van der Waals surface area contributed by atoms with Crippen LogP contribution in [-0.2, 0) is 6.18 Å². The number of hydrogen-bond donors (Lipinski definition) is 1. The van der Waals surface area contributed by atoms with Crippen molar-refractivity contribution in [3.8, 4) is 5.69 Å². The number of carbonyl (C=O) groups is 1. The SMILES string of the molecule is C[C@@H](NC(=O)c1ccc2c(c1)ncc(=O)n2-c1ccc(C(F)(F)F)cc1)c1ccccn1. The molecule has 0 radical (unpaired) electrons. The molecule has 1 N–H and O–H groups in total. The highest BCUT2D eigenvalue weighted by Gasteiger charge is 2.30. The quantitative estimate of drug-likeness (QED) is 0.516. The van der Waals surface area contributed by atoms with Gasteiger partial charge < -0.3 is 5.32 Å². The van der Waals surface area contributed by atoms with E-state index in [2.05, 4.69) is 15.3 Å². The average molecular weight is 438 g/mol. The Morgan fingerprint density at radius 2 is 1.78 bits per heavy atom. The number of amides is 1. The molecule has 6 nitrogen and oxygen atoms in total. The second-order valence-corrected chi connectivity index (χ2v) is 7.13. The Labute approximate surface area is 180 Å². The van der Waals surface area contributed by atoms with Crippen LogP contribution in [0.1, 0.15) is 34.6 Å². The van der Waals surface area contributed by atoms with Crippen molar-refractivity contribution < 1.29 is 18.0 Å². The third-order valence-electron chi connectivity index (χ3n) is 4.94. The van der Waals surface area contributed by atoms with E-state index in [0.717, 1.165) is 18.3 Å². The zero-order valence-corrected chi connectivity index (χ0v) is 16.8. The summed E-state index contributed by atoms with van der Waals surface area (Å²) in [5.74, 6) is -0.348. The molecule has 2 aromatic carbocycles. The van der Waals surface area contributed by atoms with Gasteiger partial charge in [0.25, 0.3) is 11.5 Å². The number of hydrogen-bond acceptors (Lipinski definition) is 4. The maximum Gasteiger partial charge on any atom is 0.416 e. The van der Waals surface area contributed by atoms with E-state index in [1.54, 1.807) is 24.4 Å². The highest BCUT2D eigenvalue weighted by atomic mass is 19.4. The molecule has 0 spiro atoms. The van der Waals surface area contributed by atoms with Crippen LogP contribution >= 0.6 is 0 Å². The van der Waals surface area contributed by atoms with Crippen molar-refractivity contribution in [2.24, 2.45) is 0 Å². The van der Waals surface area contributed by atoms with Gasteiger partial charge in [0.2, 0.25) is 0 Å². The van der Waals surface area contributed by atoms with Gasteiger partial charge in [-0.05, 0) is 61.5 Å². The van der Waals surface area contributed by atoms with Crippen molar-refractivity contribution in [1.82, 2.24) is 19.9 Å². The van der Waals surface area contributed by atoms with Crippen molar-refractivity contribution in [1.29, 1.82) is 0 Å². The predicted molar refractivity (Wildman–Crippen MR) is 112 cm³/mol. The van der Waals surface area contributed by atoms with E-state index in [0.29, 0.717) is 22.3 Å². The zero-order chi connectivity index (χ0) is 22.9. The summed E-state index contributed by atoms with van der Waals surface area (Å²) in [5.41, 5.74) is 0.693. The first-order chi connectivity index (χ1) is 15.2. The van der Waals surface area contributed by atoms with Crippen molar-refractivity contribution in [2.75, 3.05) is 0 Å². The summed E-state index contributed by atoms with van der Waals surface area (Å²) in [4.78, 5) is 33.4. The number of pyridine rings is 1. The molecule has 1 atom stereocenters. The monoisotopic (exact) mass is 438 g/mol. The Morgan fingerprint density at radius 1 is 1.03 bits per heavy atom. The molecule has 0 aliphatic carbocycles. The van der Waals surface area contributed by atoms with E-state index in [4.69, 9.17) is 0 Å². The van der Waals surface area contributed by atoms with Gasteiger partial charge >= 0.3 is 6.18 Å². The van der Waals surface area contributed by atoms with E-state index < -0.39 is 17.3 Å². The fourth-order valence-electron chi connectivity index (χ4n) is 3.31. The van der Waals surface area contributed by atoms with Gasteiger partial charge in [-0.1, -0.05) is 6.07 Å². The molecule has 162 valence electrons. The Bertz CT molecular complexity index is 1330. The molecule has 2 aromatic heterocycles. The topological polar surface area (TPSA) is 76.9 Å². The molecule has 0 saturated heterocycles. The van der Waals surface area contributed by atoms with Gasteiger partial charge in [-0.2, -0.15) is 13.2 Å². The van der Waals surface area contributed by atoms with E-state index in [9.17, 15) is 22.8 Å². The number of rotatable bonds is 4. The third kappa shape index (κ3) is 4.22. The molecule has 4 aromatic rings. The van der Waals surface area contributed by atoms with Crippen LogP contribution in [0.25, 0.3) is 16.7 Å². The van der Waals surface area contributed by atoms with Crippen molar-refractivity contribution in [2.45, 2.75) is 19.1 Å². The van der Waals surface area contributed by atoms with Gasteiger partial charge in [-0.3, -0.25) is 19.1 Å². The number of nitrogens with one attached hydrogen (secondary N) is 1. The molecular weight excluding hydrogens is 421 g/mol. The summed E-state index contributed by atoms with van der Waals surface area (Å²) in [7, 11) is 0. The molecular formula is C23H17F3N4O2. The van der Waals surface area contributed by atoms with E-state index in [1.807, 2.05) is 13.0 Å². The number of nitrogens with zero attached hydrogens (tertiary/aromatic N) is 3. The van der Waals surface area contributed by atoms with Gasteiger partial charge in [0, 0.05) is 17.4 Å². The van der Waals surface area contributed by atoms with Crippen LogP contribution in [0.4, 0.5) is 13.2 Å². The summed E-state index contributed by atoms with van der Waals surface area (Å²) < 4.78 is 39.8. The second-order valence-electron chi connectivity index (χ2n) is 7.13. The minimum absolute atomic E-state index is 0.261. The third-order valence-corrected chi connectivity index (χ3v) is 4.94. The first-order valence-corrected chi connectivity index (χ1v) is 9.65. The highest BCUT2D eigenvalue weighted by molar-refractivity contribution is 5.97. The Morgan fingerprint density at radius 3 is 2.44 bits per heavy atom. The molecule has 32 heavy (non-hydrogen) atoms.